The second kappa shape index (κ2) is 7.00. The summed E-state index contributed by atoms with van der Waals surface area (Å²) < 4.78 is 0. The highest BCUT2D eigenvalue weighted by atomic mass is 32.2. The van der Waals surface area contributed by atoms with Crippen molar-refractivity contribution in [3.05, 3.63) is 47.9 Å². The zero-order valence-corrected chi connectivity index (χ0v) is 14.2. The van der Waals surface area contributed by atoms with E-state index in [9.17, 15) is 4.79 Å². The van der Waals surface area contributed by atoms with Gasteiger partial charge in [-0.3, -0.25) is 4.79 Å². The van der Waals surface area contributed by atoms with E-state index in [1.54, 1.807) is 6.20 Å². The van der Waals surface area contributed by atoms with E-state index in [1.807, 2.05) is 17.2 Å². The van der Waals surface area contributed by atoms with E-state index in [4.69, 9.17) is 0 Å². The molecular weight excluding hydrogens is 308 g/mol. The molecule has 1 aromatic carbocycles. The van der Waals surface area contributed by atoms with Crippen LogP contribution in [0.2, 0.25) is 0 Å². The molecule has 0 bridgehead atoms. The van der Waals surface area contributed by atoms with E-state index in [1.165, 1.54) is 23.0 Å². The average molecular weight is 328 g/mol. The second-order valence-corrected chi connectivity index (χ2v) is 6.36. The number of carbonyl (C=O) groups is 1. The zero-order valence-electron chi connectivity index (χ0n) is 13.4. The van der Waals surface area contributed by atoms with Crippen LogP contribution in [0.4, 0.5) is 5.69 Å². The first-order valence-electron chi connectivity index (χ1n) is 7.65. The molecule has 3 rings (SSSR count). The number of anilines is 1. The molecule has 1 saturated heterocycles. The predicted molar refractivity (Wildman–Crippen MR) is 93.1 cm³/mol. The summed E-state index contributed by atoms with van der Waals surface area (Å²) in [5, 5.41) is 0.821. The standard InChI is InChI=1S/C17H20N4OS/c1-13-3-5-14(6-4-13)20-9-11-21(12-10-20)17(22)16-18-8-7-15(19-16)23-2/h3-8H,9-12H2,1-2H3. The fraction of sp³-hybridized carbons (Fsp3) is 0.353. The third-order valence-electron chi connectivity index (χ3n) is 4.00. The topological polar surface area (TPSA) is 49.3 Å². The number of benzene rings is 1. The van der Waals surface area contributed by atoms with Crippen molar-refractivity contribution in [2.75, 3.05) is 37.3 Å². The summed E-state index contributed by atoms with van der Waals surface area (Å²) in [5.41, 5.74) is 2.47. The lowest BCUT2D eigenvalue weighted by molar-refractivity contribution is 0.0733. The molecule has 120 valence electrons. The lowest BCUT2D eigenvalue weighted by Crippen LogP contribution is -2.49. The minimum Gasteiger partial charge on any atom is -0.368 e. The number of carbonyl (C=O) groups excluding carboxylic acids is 1. The summed E-state index contributed by atoms with van der Waals surface area (Å²) >= 11 is 1.52. The normalized spacial score (nSPS) is 14.9. The summed E-state index contributed by atoms with van der Waals surface area (Å²) in [4.78, 5) is 25.1. The van der Waals surface area contributed by atoms with E-state index in [0.717, 1.165) is 18.1 Å². The minimum absolute atomic E-state index is 0.0792. The summed E-state index contributed by atoms with van der Waals surface area (Å²) in [6.07, 6.45) is 3.59. The molecule has 1 aliphatic rings. The molecule has 0 aliphatic carbocycles. The van der Waals surface area contributed by atoms with Crippen LogP contribution in [0, 0.1) is 6.92 Å². The summed E-state index contributed by atoms with van der Waals surface area (Å²) in [7, 11) is 0. The van der Waals surface area contributed by atoms with Crippen LogP contribution in [0.3, 0.4) is 0 Å². The monoisotopic (exact) mass is 328 g/mol. The lowest BCUT2D eigenvalue weighted by Gasteiger charge is -2.35. The van der Waals surface area contributed by atoms with Crippen LogP contribution in [0.1, 0.15) is 16.2 Å². The number of hydrogen-bond acceptors (Lipinski definition) is 5. The Kier molecular flexibility index (Phi) is 4.81. The first-order chi connectivity index (χ1) is 11.2. The van der Waals surface area contributed by atoms with Gasteiger partial charge in [0.15, 0.2) is 0 Å². The molecule has 0 radical (unpaired) electrons. The van der Waals surface area contributed by atoms with Gasteiger partial charge in [-0.25, -0.2) is 9.97 Å². The second-order valence-electron chi connectivity index (χ2n) is 5.54. The van der Waals surface area contributed by atoms with Crippen LogP contribution in [0.25, 0.3) is 0 Å². The van der Waals surface area contributed by atoms with E-state index in [2.05, 4.69) is 46.1 Å². The highest BCUT2D eigenvalue weighted by Gasteiger charge is 2.24. The number of piperazine rings is 1. The number of hydrogen-bond donors (Lipinski definition) is 0. The van der Waals surface area contributed by atoms with Crippen molar-refractivity contribution in [1.29, 1.82) is 0 Å². The van der Waals surface area contributed by atoms with Gasteiger partial charge >= 0.3 is 0 Å². The molecule has 1 aromatic heterocycles. The van der Waals surface area contributed by atoms with Gasteiger partial charge < -0.3 is 9.80 Å². The van der Waals surface area contributed by atoms with Gasteiger partial charge in [-0.05, 0) is 31.4 Å². The largest absolute Gasteiger partial charge is 0.368 e. The Bertz CT molecular complexity index is 681. The molecular formula is C17H20N4OS. The van der Waals surface area contributed by atoms with Crippen LogP contribution in [-0.2, 0) is 0 Å². The maximum absolute atomic E-state index is 12.5. The number of aryl methyl sites for hydroxylation is 1. The average Bonchev–Trinajstić information content (AvgIpc) is 2.62. The quantitative estimate of drug-likeness (QED) is 0.640. The number of thioether (sulfide) groups is 1. The van der Waals surface area contributed by atoms with Crippen molar-refractivity contribution in [3.63, 3.8) is 0 Å². The van der Waals surface area contributed by atoms with Crippen molar-refractivity contribution >= 4 is 23.4 Å². The maximum atomic E-state index is 12.5. The highest BCUT2D eigenvalue weighted by Crippen LogP contribution is 2.18. The molecule has 23 heavy (non-hydrogen) atoms. The Balaban J connectivity index is 1.64. The number of aromatic nitrogens is 2. The fourth-order valence-electron chi connectivity index (χ4n) is 2.62. The van der Waals surface area contributed by atoms with Gasteiger partial charge in [0.05, 0.1) is 5.03 Å². The number of amides is 1. The Morgan fingerprint density at radius 1 is 1.09 bits per heavy atom. The third-order valence-corrected chi connectivity index (χ3v) is 4.64. The SMILES string of the molecule is CSc1ccnc(C(=O)N2CCN(c3ccc(C)cc3)CC2)n1. The van der Waals surface area contributed by atoms with Crippen LogP contribution < -0.4 is 4.90 Å². The molecule has 1 aliphatic heterocycles. The first-order valence-corrected chi connectivity index (χ1v) is 8.88. The van der Waals surface area contributed by atoms with E-state index < -0.39 is 0 Å². The van der Waals surface area contributed by atoms with Gasteiger partial charge in [0, 0.05) is 38.1 Å². The molecule has 2 heterocycles. The van der Waals surface area contributed by atoms with Gasteiger partial charge in [-0.15, -0.1) is 11.8 Å². The fourth-order valence-corrected chi connectivity index (χ4v) is 3.00. The van der Waals surface area contributed by atoms with Gasteiger partial charge in [0.25, 0.3) is 5.91 Å². The molecule has 0 unspecified atom stereocenters. The Labute approximate surface area is 140 Å². The van der Waals surface area contributed by atoms with Crippen LogP contribution >= 0.6 is 11.8 Å². The van der Waals surface area contributed by atoms with Crippen molar-refractivity contribution < 1.29 is 4.79 Å². The molecule has 5 nitrogen and oxygen atoms in total. The predicted octanol–water partition coefficient (Wildman–Crippen LogP) is 2.47. The van der Waals surface area contributed by atoms with Gasteiger partial charge in [-0.1, -0.05) is 17.7 Å². The van der Waals surface area contributed by atoms with E-state index in [0.29, 0.717) is 18.9 Å². The van der Waals surface area contributed by atoms with Crippen molar-refractivity contribution in [3.8, 4) is 0 Å². The Hall–Kier alpha value is -2.08. The molecule has 0 saturated carbocycles. The molecule has 1 fully saturated rings. The summed E-state index contributed by atoms with van der Waals surface area (Å²) in [6, 6.07) is 10.3. The zero-order chi connectivity index (χ0) is 16.2. The Morgan fingerprint density at radius 3 is 2.43 bits per heavy atom. The van der Waals surface area contributed by atoms with Gasteiger partial charge in [0.2, 0.25) is 5.82 Å². The molecule has 0 atom stereocenters. The maximum Gasteiger partial charge on any atom is 0.291 e. The van der Waals surface area contributed by atoms with E-state index >= 15 is 0 Å². The number of nitrogens with zero attached hydrogens (tertiary/aromatic N) is 4. The Morgan fingerprint density at radius 2 is 1.78 bits per heavy atom. The highest BCUT2D eigenvalue weighted by molar-refractivity contribution is 7.98. The van der Waals surface area contributed by atoms with Crippen LogP contribution in [0.15, 0.2) is 41.6 Å². The van der Waals surface area contributed by atoms with Crippen LogP contribution in [0.5, 0.6) is 0 Å². The van der Waals surface area contributed by atoms with Crippen molar-refractivity contribution in [2.45, 2.75) is 11.9 Å². The summed E-state index contributed by atoms with van der Waals surface area (Å²) in [5.74, 6) is 0.213. The molecule has 0 N–H and O–H groups in total. The van der Waals surface area contributed by atoms with Crippen molar-refractivity contribution in [2.24, 2.45) is 0 Å². The van der Waals surface area contributed by atoms with Crippen molar-refractivity contribution in [1.82, 2.24) is 14.9 Å². The number of rotatable bonds is 3. The van der Waals surface area contributed by atoms with Crippen LogP contribution in [-0.4, -0.2) is 53.2 Å². The lowest BCUT2D eigenvalue weighted by atomic mass is 10.2. The molecule has 2 aromatic rings. The molecule has 0 spiro atoms. The molecule has 1 amide bonds. The smallest absolute Gasteiger partial charge is 0.291 e. The third kappa shape index (κ3) is 3.64. The molecule has 6 heteroatoms. The summed E-state index contributed by atoms with van der Waals surface area (Å²) in [6.45, 7) is 5.14. The minimum atomic E-state index is -0.0792. The van der Waals surface area contributed by atoms with Gasteiger partial charge in [0.1, 0.15) is 0 Å². The van der Waals surface area contributed by atoms with Gasteiger partial charge in [-0.2, -0.15) is 0 Å². The first kappa shape index (κ1) is 15.8. The van der Waals surface area contributed by atoms with E-state index in [-0.39, 0.29) is 5.91 Å².